The SMILES string of the molecule is Cc1nnc(Cl)c2cc3c(cc12)n(C)c(=O)n3C(C)(C)C. The Morgan fingerprint density at radius 3 is 2.33 bits per heavy atom. The Bertz CT molecular complexity index is 931. The lowest BCUT2D eigenvalue weighted by Gasteiger charge is -2.20. The molecular formula is C15H17ClN4O. The molecule has 0 N–H and O–H groups in total. The molecule has 0 aliphatic rings. The Balaban J connectivity index is 2.59. The van der Waals surface area contributed by atoms with Crippen molar-refractivity contribution in [2.24, 2.45) is 7.05 Å². The van der Waals surface area contributed by atoms with Crippen LogP contribution in [0.5, 0.6) is 0 Å². The van der Waals surface area contributed by atoms with Crippen LogP contribution in [0.4, 0.5) is 0 Å². The van der Waals surface area contributed by atoms with Crippen LogP contribution >= 0.6 is 11.6 Å². The molecule has 1 aromatic carbocycles. The van der Waals surface area contributed by atoms with Gasteiger partial charge in [-0.1, -0.05) is 11.6 Å². The maximum Gasteiger partial charge on any atom is 0.329 e. The summed E-state index contributed by atoms with van der Waals surface area (Å²) in [7, 11) is 1.78. The van der Waals surface area contributed by atoms with Gasteiger partial charge in [0.1, 0.15) is 0 Å². The van der Waals surface area contributed by atoms with Gasteiger partial charge in [0.25, 0.3) is 0 Å². The normalized spacial score (nSPS) is 12.5. The molecule has 0 unspecified atom stereocenters. The minimum atomic E-state index is -0.313. The minimum absolute atomic E-state index is 0.0394. The highest BCUT2D eigenvalue weighted by atomic mass is 35.5. The van der Waals surface area contributed by atoms with E-state index < -0.39 is 0 Å². The van der Waals surface area contributed by atoms with Gasteiger partial charge in [-0.15, -0.1) is 5.10 Å². The van der Waals surface area contributed by atoms with Crippen molar-refractivity contribution < 1.29 is 0 Å². The molecule has 5 nitrogen and oxygen atoms in total. The number of fused-ring (bicyclic) bond motifs is 2. The third-order valence-electron chi connectivity index (χ3n) is 3.77. The van der Waals surface area contributed by atoms with E-state index in [0.29, 0.717) is 5.15 Å². The summed E-state index contributed by atoms with van der Waals surface area (Å²) in [5.41, 5.74) is 2.17. The van der Waals surface area contributed by atoms with E-state index in [4.69, 9.17) is 11.6 Å². The highest BCUT2D eigenvalue weighted by Crippen LogP contribution is 2.29. The van der Waals surface area contributed by atoms with E-state index in [1.165, 1.54) is 0 Å². The summed E-state index contributed by atoms with van der Waals surface area (Å²) < 4.78 is 3.45. The maximum absolute atomic E-state index is 12.5. The van der Waals surface area contributed by atoms with Crippen molar-refractivity contribution in [3.05, 3.63) is 33.5 Å². The van der Waals surface area contributed by atoms with Gasteiger partial charge in [0.2, 0.25) is 0 Å². The number of halogens is 1. The van der Waals surface area contributed by atoms with Crippen molar-refractivity contribution in [2.75, 3.05) is 0 Å². The molecule has 0 fully saturated rings. The third-order valence-corrected chi connectivity index (χ3v) is 4.05. The number of imidazole rings is 1. The molecule has 6 heteroatoms. The van der Waals surface area contributed by atoms with Gasteiger partial charge in [-0.2, -0.15) is 5.10 Å². The molecule has 0 saturated carbocycles. The van der Waals surface area contributed by atoms with E-state index in [9.17, 15) is 4.79 Å². The van der Waals surface area contributed by atoms with Crippen molar-refractivity contribution in [1.82, 2.24) is 19.3 Å². The second-order valence-electron chi connectivity index (χ2n) is 6.31. The second-order valence-corrected chi connectivity index (χ2v) is 6.67. The fourth-order valence-electron chi connectivity index (χ4n) is 2.73. The number of rotatable bonds is 0. The van der Waals surface area contributed by atoms with E-state index in [1.807, 2.05) is 39.8 Å². The van der Waals surface area contributed by atoms with E-state index in [2.05, 4.69) is 10.2 Å². The fraction of sp³-hybridized carbons (Fsp3) is 0.400. The lowest BCUT2D eigenvalue weighted by atomic mass is 10.1. The first kappa shape index (κ1) is 14.1. The highest BCUT2D eigenvalue weighted by molar-refractivity contribution is 6.34. The summed E-state index contributed by atoms with van der Waals surface area (Å²) in [5, 5.41) is 10.1. The Hall–Kier alpha value is -1.88. The standard InChI is InChI=1S/C15H17ClN4O/c1-8-9-6-11-12(7-10(9)13(16)18-17-8)20(15(2,3)4)14(21)19(11)5/h6-7H,1-5H3. The number of benzene rings is 1. The van der Waals surface area contributed by atoms with E-state index in [0.717, 1.165) is 27.5 Å². The minimum Gasteiger partial charge on any atom is -0.295 e. The van der Waals surface area contributed by atoms with Crippen molar-refractivity contribution in [1.29, 1.82) is 0 Å². The lowest BCUT2D eigenvalue weighted by molar-refractivity contribution is 0.392. The van der Waals surface area contributed by atoms with Crippen molar-refractivity contribution >= 4 is 33.4 Å². The zero-order valence-corrected chi connectivity index (χ0v) is 13.5. The molecule has 0 aliphatic heterocycles. The first-order chi connectivity index (χ1) is 9.71. The Morgan fingerprint density at radius 2 is 1.71 bits per heavy atom. The Labute approximate surface area is 127 Å². The van der Waals surface area contributed by atoms with Gasteiger partial charge in [-0.3, -0.25) is 9.13 Å². The largest absolute Gasteiger partial charge is 0.329 e. The van der Waals surface area contributed by atoms with Crippen molar-refractivity contribution in [2.45, 2.75) is 33.2 Å². The average Bonchev–Trinajstić information content (AvgIpc) is 2.64. The van der Waals surface area contributed by atoms with Crippen LogP contribution in [0.2, 0.25) is 5.15 Å². The van der Waals surface area contributed by atoms with Gasteiger partial charge < -0.3 is 0 Å². The van der Waals surface area contributed by atoms with Crippen LogP contribution in [-0.4, -0.2) is 19.3 Å². The summed E-state index contributed by atoms with van der Waals surface area (Å²) in [5.74, 6) is 0. The first-order valence-corrected chi connectivity index (χ1v) is 7.14. The number of aryl methyl sites for hydroxylation is 2. The molecule has 3 aromatic rings. The van der Waals surface area contributed by atoms with Crippen LogP contribution < -0.4 is 5.69 Å². The number of nitrogens with zero attached hydrogens (tertiary/aromatic N) is 4. The fourth-order valence-corrected chi connectivity index (χ4v) is 2.92. The smallest absolute Gasteiger partial charge is 0.295 e. The van der Waals surface area contributed by atoms with E-state index >= 15 is 0 Å². The Morgan fingerprint density at radius 1 is 1.10 bits per heavy atom. The van der Waals surface area contributed by atoms with Gasteiger partial charge in [0, 0.05) is 23.4 Å². The topological polar surface area (TPSA) is 52.7 Å². The maximum atomic E-state index is 12.5. The molecular weight excluding hydrogens is 288 g/mol. The van der Waals surface area contributed by atoms with Crippen LogP contribution in [0.25, 0.3) is 21.8 Å². The predicted octanol–water partition coefficient (Wildman–Crippen LogP) is 3.00. The molecule has 3 rings (SSSR count). The summed E-state index contributed by atoms with van der Waals surface area (Å²) in [6, 6.07) is 3.89. The molecule has 2 aromatic heterocycles. The van der Waals surface area contributed by atoms with Crippen LogP contribution in [0.3, 0.4) is 0 Å². The number of hydrogen-bond donors (Lipinski definition) is 0. The van der Waals surface area contributed by atoms with Gasteiger partial charge in [0.15, 0.2) is 5.15 Å². The van der Waals surface area contributed by atoms with Gasteiger partial charge in [-0.05, 0) is 39.8 Å². The highest BCUT2D eigenvalue weighted by Gasteiger charge is 2.22. The van der Waals surface area contributed by atoms with Crippen LogP contribution in [-0.2, 0) is 12.6 Å². The molecule has 0 atom stereocenters. The zero-order valence-electron chi connectivity index (χ0n) is 12.7. The van der Waals surface area contributed by atoms with Gasteiger partial charge in [0.05, 0.1) is 16.7 Å². The van der Waals surface area contributed by atoms with E-state index in [-0.39, 0.29) is 11.2 Å². The van der Waals surface area contributed by atoms with Gasteiger partial charge >= 0.3 is 5.69 Å². The quantitative estimate of drug-likeness (QED) is 0.641. The Kier molecular flexibility index (Phi) is 2.89. The summed E-state index contributed by atoms with van der Waals surface area (Å²) in [6.07, 6.45) is 0. The molecule has 0 bridgehead atoms. The average molecular weight is 305 g/mol. The molecule has 21 heavy (non-hydrogen) atoms. The molecule has 0 radical (unpaired) electrons. The third kappa shape index (κ3) is 1.95. The molecule has 0 saturated heterocycles. The molecule has 0 aliphatic carbocycles. The molecule has 110 valence electrons. The second kappa shape index (κ2) is 4.31. The number of hydrogen-bond acceptors (Lipinski definition) is 3. The monoisotopic (exact) mass is 304 g/mol. The van der Waals surface area contributed by atoms with Crippen LogP contribution in [0.1, 0.15) is 26.5 Å². The van der Waals surface area contributed by atoms with Crippen molar-refractivity contribution in [3.63, 3.8) is 0 Å². The number of aromatic nitrogens is 4. The van der Waals surface area contributed by atoms with Crippen molar-refractivity contribution in [3.8, 4) is 0 Å². The summed E-state index contributed by atoms with van der Waals surface area (Å²) in [4.78, 5) is 12.5. The molecule has 0 amide bonds. The first-order valence-electron chi connectivity index (χ1n) is 6.76. The van der Waals surface area contributed by atoms with Gasteiger partial charge in [-0.25, -0.2) is 4.79 Å². The zero-order chi connectivity index (χ0) is 15.5. The molecule has 0 spiro atoms. The lowest BCUT2D eigenvalue weighted by Crippen LogP contribution is -2.34. The van der Waals surface area contributed by atoms with E-state index in [1.54, 1.807) is 16.2 Å². The molecule has 2 heterocycles. The van der Waals surface area contributed by atoms with Crippen LogP contribution in [0, 0.1) is 6.92 Å². The van der Waals surface area contributed by atoms with Crippen LogP contribution in [0.15, 0.2) is 16.9 Å². The summed E-state index contributed by atoms with van der Waals surface area (Å²) in [6.45, 7) is 7.91. The summed E-state index contributed by atoms with van der Waals surface area (Å²) >= 11 is 6.17. The predicted molar refractivity (Wildman–Crippen MR) is 85.0 cm³/mol.